The second kappa shape index (κ2) is 3.54. The summed E-state index contributed by atoms with van der Waals surface area (Å²) in [7, 11) is 1.64. The van der Waals surface area contributed by atoms with Crippen LogP contribution in [0.2, 0.25) is 5.02 Å². The summed E-state index contributed by atoms with van der Waals surface area (Å²) in [6.07, 6.45) is 1.75. The van der Waals surface area contributed by atoms with Gasteiger partial charge in [-0.2, -0.15) is 0 Å². The van der Waals surface area contributed by atoms with Crippen molar-refractivity contribution in [2.45, 2.75) is 18.4 Å². The molecule has 0 saturated heterocycles. The Morgan fingerprint density at radius 2 is 2.36 bits per heavy atom. The van der Waals surface area contributed by atoms with Crippen LogP contribution in [0.5, 0.6) is 0 Å². The summed E-state index contributed by atoms with van der Waals surface area (Å²) < 4.78 is 5.42. The van der Waals surface area contributed by atoms with E-state index in [9.17, 15) is 5.11 Å². The fraction of sp³-hybridized carbons (Fsp3) is 0.455. The number of hydrogen-bond acceptors (Lipinski definition) is 2. The van der Waals surface area contributed by atoms with Crippen LogP contribution in [0.25, 0.3) is 0 Å². The molecule has 0 radical (unpaired) electrons. The minimum absolute atomic E-state index is 0.0259. The molecule has 0 bridgehead atoms. The lowest BCUT2D eigenvalue weighted by Gasteiger charge is -2.26. The van der Waals surface area contributed by atoms with Crippen LogP contribution in [-0.2, 0) is 16.8 Å². The number of aliphatic hydroxyl groups is 1. The number of aliphatic hydroxyl groups excluding tert-OH is 1. The van der Waals surface area contributed by atoms with Crippen molar-refractivity contribution >= 4 is 11.6 Å². The summed E-state index contributed by atoms with van der Waals surface area (Å²) >= 11 is 5.90. The van der Waals surface area contributed by atoms with Gasteiger partial charge in [-0.05, 0) is 36.1 Å². The summed E-state index contributed by atoms with van der Waals surface area (Å²) in [6.45, 7) is 0.0259. The van der Waals surface area contributed by atoms with Crippen LogP contribution in [0.1, 0.15) is 17.5 Å². The molecule has 76 valence electrons. The molecular formula is C11H13ClO2. The summed E-state index contributed by atoms with van der Waals surface area (Å²) in [5.41, 5.74) is 1.76. The second-order valence-corrected chi connectivity index (χ2v) is 4.09. The third-order valence-corrected chi connectivity index (χ3v) is 3.24. The molecule has 0 aromatic heterocycles. The highest BCUT2D eigenvalue weighted by Crippen LogP contribution is 2.40. The van der Waals surface area contributed by atoms with Crippen LogP contribution >= 0.6 is 11.6 Å². The number of rotatable bonds is 2. The van der Waals surface area contributed by atoms with Gasteiger partial charge in [-0.3, -0.25) is 0 Å². The minimum Gasteiger partial charge on any atom is -0.393 e. The summed E-state index contributed by atoms with van der Waals surface area (Å²) in [5, 5.41) is 10.1. The highest BCUT2D eigenvalue weighted by atomic mass is 35.5. The molecule has 1 atom stereocenters. The molecule has 0 spiro atoms. The zero-order valence-corrected chi connectivity index (χ0v) is 8.84. The highest BCUT2D eigenvalue weighted by molar-refractivity contribution is 6.30. The van der Waals surface area contributed by atoms with Gasteiger partial charge in [0.1, 0.15) is 5.60 Å². The van der Waals surface area contributed by atoms with Crippen molar-refractivity contribution in [1.82, 2.24) is 0 Å². The molecule has 0 aliphatic heterocycles. The van der Waals surface area contributed by atoms with Crippen molar-refractivity contribution in [3.63, 3.8) is 0 Å². The Morgan fingerprint density at radius 3 is 3.00 bits per heavy atom. The van der Waals surface area contributed by atoms with Gasteiger partial charge in [0.15, 0.2) is 0 Å². The molecule has 0 fully saturated rings. The zero-order chi connectivity index (χ0) is 10.2. The molecule has 3 heteroatoms. The van der Waals surface area contributed by atoms with Crippen molar-refractivity contribution in [2.24, 2.45) is 0 Å². The standard InChI is InChI=1S/C11H13ClO2/c1-14-11(7-13)5-4-8-6-9(12)2-3-10(8)11/h2-3,6,13H,4-5,7H2,1H3. The van der Waals surface area contributed by atoms with Gasteiger partial charge in [-0.25, -0.2) is 0 Å². The number of methoxy groups -OCH3 is 1. The lowest BCUT2D eigenvalue weighted by atomic mass is 9.97. The molecule has 1 unspecified atom stereocenters. The first-order valence-corrected chi connectivity index (χ1v) is 5.04. The number of aryl methyl sites for hydroxylation is 1. The second-order valence-electron chi connectivity index (χ2n) is 3.66. The van der Waals surface area contributed by atoms with E-state index in [0.717, 1.165) is 23.4 Å². The Labute approximate surface area is 88.5 Å². The minimum atomic E-state index is -0.500. The van der Waals surface area contributed by atoms with E-state index in [2.05, 4.69) is 0 Å². The van der Waals surface area contributed by atoms with E-state index in [1.54, 1.807) is 7.11 Å². The molecule has 0 amide bonds. The van der Waals surface area contributed by atoms with Gasteiger partial charge in [0, 0.05) is 12.1 Å². The van der Waals surface area contributed by atoms with Gasteiger partial charge in [0.2, 0.25) is 0 Å². The van der Waals surface area contributed by atoms with Crippen LogP contribution in [0.4, 0.5) is 0 Å². The van der Waals surface area contributed by atoms with Crippen LogP contribution in [-0.4, -0.2) is 18.8 Å². The largest absolute Gasteiger partial charge is 0.393 e. The molecule has 1 N–H and O–H groups in total. The number of hydrogen-bond donors (Lipinski definition) is 1. The smallest absolute Gasteiger partial charge is 0.116 e. The lowest BCUT2D eigenvalue weighted by molar-refractivity contribution is -0.0553. The first kappa shape index (κ1) is 9.97. The predicted molar refractivity (Wildman–Crippen MR) is 55.5 cm³/mol. The van der Waals surface area contributed by atoms with Gasteiger partial charge in [0.05, 0.1) is 6.61 Å². The monoisotopic (exact) mass is 212 g/mol. The fourth-order valence-corrected chi connectivity index (χ4v) is 2.32. The van der Waals surface area contributed by atoms with Crippen molar-refractivity contribution in [3.8, 4) is 0 Å². The molecule has 2 nitrogen and oxygen atoms in total. The van der Waals surface area contributed by atoms with Gasteiger partial charge in [-0.15, -0.1) is 0 Å². The Kier molecular flexibility index (Phi) is 2.52. The van der Waals surface area contributed by atoms with E-state index in [1.165, 1.54) is 5.56 Å². The Morgan fingerprint density at radius 1 is 1.57 bits per heavy atom. The van der Waals surface area contributed by atoms with Gasteiger partial charge in [-0.1, -0.05) is 17.7 Å². The molecule has 1 aromatic carbocycles. The maximum absolute atomic E-state index is 9.37. The SMILES string of the molecule is COC1(CO)CCc2cc(Cl)ccc21. The van der Waals surface area contributed by atoms with Crippen LogP contribution in [0, 0.1) is 0 Å². The maximum Gasteiger partial charge on any atom is 0.116 e. The fourth-order valence-electron chi connectivity index (χ4n) is 2.13. The van der Waals surface area contributed by atoms with Gasteiger partial charge >= 0.3 is 0 Å². The molecule has 2 rings (SSSR count). The third kappa shape index (κ3) is 1.34. The van der Waals surface area contributed by atoms with E-state index >= 15 is 0 Å². The average molecular weight is 213 g/mol. The van der Waals surface area contributed by atoms with Crippen LogP contribution in [0.15, 0.2) is 18.2 Å². The molecule has 1 aliphatic carbocycles. The lowest BCUT2D eigenvalue weighted by Crippen LogP contribution is -2.29. The van der Waals surface area contributed by atoms with E-state index in [4.69, 9.17) is 16.3 Å². The number of benzene rings is 1. The molecule has 14 heavy (non-hydrogen) atoms. The molecule has 0 saturated carbocycles. The number of halogens is 1. The number of fused-ring (bicyclic) bond motifs is 1. The Balaban J connectivity index is 2.48. The Hall–Kier alpha value is -0.570. The van der Waals surface area contributed by atoms with Crippen LogP contribution in [0.3, 0.4) is 0 Å². The highest BCUT2D eigenvalue weighted by Gasteiger charge is 2.38. The van der Waals surface area contributed by atoms with Crippen LogP contribution < -0.4 is 0 Å². The third-order valence-electron chi connectivity index (χ3n) is 3.00. The summed E-state index contributed by atoms with van der Waals surface area (Å²) in [6, 6.07) is 5.74. The quantitative estimate of drug-likeness (QED) is 0.814. The van der Waals surface area contributed by atoms with Crippen molar-refractivity contribution in [1.29, 1.82) is 0 Å². The van der Waals surface area contributed by atoms with E-state index in [0.29, 0.717) is 0 Å². The average Bonchev–Trinajstić information content (AvgIpc) is 2.56. The topological polar surface area (TPSA) is 29.5 Å². The van der Waals surface area contributed by atoms with Gasteiger partial charge < -0.3 is 9.84 Å². The summed E-state index contributed by atoms with van der Waals surface area (Å²) in [4.78, 5) is 0. The molecular weight excluding hydrogens is 200 g/mol. The van der Waals surface area contributed by atoms with E-state index in [1.807, 2.05) is 18.2 Å². The molecule has 1 aromatic rings. The number of ether oxygens (including phenoxy) is 1. The summed E-state index contributed by atoms with van der Waals surface area (Å²) in [5.74, 6) is 0. The molecule has 1 aliphatic rings. The Bertz CT molecular complexity index is 345. The van der Waals surface area contributed by atoms with E-state index < -0.39 is 5.60 Å². The van der Waals surface area contributed by atoms with E-state index in [-0.39, 0.29) is 6.61 Å². The van der Waals surface area contributed by atoms with Crippen molar-refractivity contribution in [2.75, 3.05) is 13.7 Å². The van der Waals surface area contributed by atoms with Crippen molar-refractivity contribution in [3.05, 3.63) is 34.3 Å². The predicted octanol–water partition coefficient (Wildman–Crippen LogP) is 2.12. The van der Waals surface area contributed by atoms with Gasteiger partial charge in [0.25, 0.3) is 0 Å². The first-order chi connectivity index (χ1) is 6.72. The van der Waals surface area contributed by atoms with Crippen molar-refractivity contribution < 1.29 is 9.84 Å². The molecule has 0 heterocycles. The first-order valence-electron chi connectivity index (χ1n) is 4.67. The normalized spacial score (nSPS) is 25.1. The zero-order valence-electron chi connectivity index (χ0n) is 8.09. The maximum atomic E-state index is 9.37.